The third-order valence-electron chi connectivity index (χ3n) is 13.8. The predicted molar refractivity (Wildman–Crippen MR) is 261 cm³/mol. The molecular formula is C53H60ClN3O16. The van der Waals surface area contributed by atoms with E-state index in [2.05, 4.69) is 34.0 Å². The van der Waals surface area contributed by atoms with Gasteiger partial charge in [0.05, 0.1) is 55.8 Å². The van der Waals surface area contributed by atoms with Crippen LogP contribution in [0.2, 0.25) is 5.15 Å². The zero-order valence-corrected chi connectivity index (χ0v) is 42.6. The highest BCUT2D eigenvalue weighted by molar-refractivity contribution is 6.30. The molecule has 20 heteroatoms. The summed E-state index contributed by atoms with van der Waals surface area (Å²) in [5.74, 6) is 11.4. The number of phenols is 1. The van der Waals surface area contributed by atoms with E-state index in [1.807, 2.05) is 39.8 Å². The van der Waals surface area contributed by atoms with Crippen molar-refractivity contribution in [1.29, 1.82) is 0 Å². The quantitative estimate of drug-likeness (QED) is 0.0800. The van der Waals surface area contributed by atoms with Gasteiger partial charge in [-0.2, -0.15) is 0 Å². The van der Waals surface area contributed by atoms with Crippen molar-refractivity contribution in [2.45, 2.75) is 145 Å². The number of epoxide rings is 1. The number of rotatable bonds is 11. The monoisotopic (exact) mass is 1030 g/mol. The van der Waals surface area contributed by atoms with Gasteiger partial charge in [0, 0.05) is 47.6 Å². The highest BCUT2D eigenvalue weighted by atomic mass is 35.5. The van der Waals surface area contributed by atoms with Crippen LogP contribution in [0.4, 0.5) is 0 Å². The Kier molecular flexibility index (Phi) is 14.7. The van der Waals surface area contributed by atoms with Gasteiger partial charge in [-0.1, -0.05) is 35.3 Å². The van der Waals surface area contributed by atoms with Crippen LogP contribution in [-0.4, -0.2) is 168 Å². The standard InChI is InChI=1S/C53H60ClN3O16/c1-25(2)67-38-18-29-17-35(58)33(21-32(29)45(64-8)46(38)65-9)50(61)56-34-20-31-15-16-37(49(54)55-31)70-39-19-30-14-13-28(40(24-66-51(34)62)71-42-22-36(59)44(57(6)7)26(3)68-42)11-10-12-41-53(30,73-41)48(39)72-43-23-52(5,63)47(60)27(4)69-43/h11,15-19,21,25-27,34,36,39-44,47-48,58-60,63H,20,22-24H2,1-9H3,(H,56,61)/b28-11+. The Morgan fingerprint density at radius 2 is 1.78 bits per heavy atom. The number of likely N-dealkylation sites (N-methyl/N-ethyl adjacent to an activating group) is 1. The number of aliphatic hydroxyl groups is 3. The van der Waals surface area contributed by atoms with Gasteiger partial charge in [0.15, 0.2) is 46.7 Å². The van der Waals surface area contributed by atoms with E-state index in [4.69, 9.17) is 59.0 Å². The Morgan fingerprint density at radius 3 is 2.47 bits per heavy atom. The first-order chi connectivity index (χ1) is 34.7. The second kappa shape index (κ2) is 20.6. The zero-order valence-electron chi connectivity index (χ0n) is 41.8. The smallest absolute Gasteiger partial charge is 0.329 e. The molecule has 5 aliphatic heterocycles. The molecule has 0 radical (unpaired) electrons. The molecule has 3 fully saturated rings. The number of phenolic OH excluding ortho intramolecular Hbond substituents is 1. The maximum absolute atomic E-state index is 14.5. The minimum Gasteiger partial charge on any atom is -0.507 e. The van der Waals surface area contributed by atoms with Gasteiger partial charge in [-0.3, -0.25) is 4.79 Å². The largest absolute Gasteiger partial charge is 0.507 e. The van der Waals surface area contributed by atoms with Gasteiger partial charge in [-0.15, -0.1) is 0 Å². The fraction of sp³-hybridized carbons (Fsp3) is 0.528. The molecule has 1 amide bonds. The second-order valence-corrected chi connectivity index (χ2v) is 20.1. The van der Waals surface area contributed by atoms with E-state index < -0.39 is 103 Å². The Morgan fingerprint density at radius 1 is 1.03 bits per heavy atom. The van der Waals surface area contributed by atoms with Crippen LogP contribution in [0.15, 0.2) is 53.6 Å². The zero-order chi connectivity index (χ0) is 52.3. The molecule has 73 heavy (non-hydrogen) atoms. The number of pyridine rings is 1. The maximum atomic E-state index is 14.5. The van der Waals surface area contributed by atoms with Crippen molar-refractivity contribution < 1.29 is 77.4 Å². The van der Waals surface area contributed by atoms with Gasteiger partial charge in [-0.05, 0) is 90.5 Å². The molecule has 7 aliphatic rings. The number of fused-ring (bicyclic) bond motifs is 8. The summed E-state index contributed by atoms with van der Waals surface area (Å²) in [5.41, 5.74) is -2.05. The lowest BCUT2D eigenvalue weighted by atomic mass is 9.88. The number of ether oxygens (including phenoxy) is 10. The van der Waals surface area contributed by atoms with Gasteiger partial charge >= 0.3 is 5.97 Å². The molecule has 2 aromatic carbocycles. The molecule has 3 saturated heterocycles. The number of carbonyl (C=O) groups excluding carboxylic acids is 2. The van der Waals surface area contributed by atoms with Crippen molar-refractivity contribution in [2.75, 3.05) is 34.9 Å². The summed E-state index contributed by atoms with van der Waals surface area (Å²) in [6.07, 6.45) is -6.35. The molecule has 5 N–H and O–H groups in total. The van der Waals surface area contributed by atoms with E-state index in [1.165, 1.54) is 39.4 Å². The molecule has 14 unspecified atom stereocenters. The van der Waals surface area contributed by atoms with E-state index in [0.29, 0.717) is 22.1 Å². The Balaban J connectivity index is 1.09. The first-order valence-corrected chi connectivity index (χ1v) is 24.5. The van der Waals surface area contributed by atoms with Crippen molar-refractivity contribution in [2.24, 2.45) is 0 Å². The maximum Gasteiger partial charge on any atom is 0.329 e. The second-order valence-electron chi connectivity index (χ2n) is 19.7. The van der Waals surface area contributed by atoms with Gasteiger partial charge in [-0.25, -0.2) is 9.78 Å². The summed E-state index contributed by atoms with van der Waals surface area (Å²) in [6, 6.07) is 5.81. The van der Waals surface area contributed by atoms with Crippen LogP contribution >= 0.6 is 11.6 Å². The highest BCUT2D eigenvalue weighted by Gasteiger charge is 2.70. The van der Waals surface area contributed by atoms with Gasteiger partial charge in [0.2, 0.25) is 5.75 Å². The number of halogens is 1. The number of amides is 1. The number of aliphatic hydroxyl groups excluding tert-OH is 2. The normalized spacial score (nSPS) is 34.3. The number of carbonyl (C=O) groups is 2. The van der Waals surface area contributed by atoms with Crippen LogP contribution in [0.3, 0.4) is 0 Å². The summed E-state index contributed by atoms with van der Waals surface area (Å²) in [7, 11) is 6.58. The fourth-order valence-electron chi connectivity index (χ4n) is 10.3. The highest BCUT2D eigenvalue weighted by Crippen LogP contribution is 2.54. The molecule has 1 spiro atoms. The lowest BCUT2D eigenvalue weighted by molar-refractivity contribution is -0.290. The van der Waals surface area contributed by atoms with Crippen LogP contribution in [0, 0.1) is 23.7 Å². The summed E-state index contributed by atoms with van der Waals surface area (Å²) >= 11 is 6.86. The third kappa shape index (κ3) is 10.3. The van der Waals surface area contributed by atoms with Crippen molar-refractivity contribution in [1.82, 2.24) is 15.2 Å². The molecular weight excluding hydrogens is 970 g/mol. The molecule has 19 nitrogen and oxygen atoms in total. The number of hydrogen-bond donors (Lipinski definition) is 5. The number of aromatic nitrogens is 1. The average Bonchev–Trinajstić information content (AvgIpc) is 3.95. The van der Waals surface area contributed by atoms with Crippen molar-refractivity contribution >= 4 is 34.2 Å². The van der Waals surface area contributed by atoms with Crippen molar-refractivity contribution in [3.8, 4) is 52.4 Å². The Hall–Kier alpha value is -5.68. The van der Waals surface area contributed by atoms with Crippen molar-refractivity contribution in [3.05, 3.63) is 70.0 Å². The molecule has 1 aromatic heterocycles. The van der Waals surface area contributed by atoms with Crippen LogP contribution in [0.1, 0.15) is 63.5 Å². The SMILES string of the molecule is COc1c(OC(C)C)cc2cc(O)c(C(=O)NC3Cc4ccc(c(Cl)n4)OC4C=C5C#C/C(=C\C#CC6OC56C4OC4CC(C)(O)C(O)C(C)O4)C(OC4CC(O)C(N(C)C)C(C)O4)COC3=O)cc2c1OC. The van der Waals surface area contributed by atoms with E-state index in [9.17, 15) is 30.0 Å². The molecule has 2 aliphatic carbocycles. The third-order valence-corrected chi connectivity index (χ3v) is 14.1. The molecule has 6 heterocycles. The van der Waals surface area contributed by atoms with Crippen LogP contribution in [0.25, 0.3) is 10.8 Å². The molecule has 390 valence electrons. The topological polar surface area (TPSA) is 239 Å². The number of esters is 1. The van der Waals surface area contributed by atoms with Crippen LogP contribution in [-0.2, 0) is 39.6 Å². The Labute approximate surface area is 427 Å². The van der Waals surface area contributed by atoms with Gasteiger partial charge in [0.1, 0.15) is 42.8 Å². The van der Waals surface area contributed by atoms with Crippen LogP contribution in [0.5, 0.6) is 28.7 Å². The van der Waals surface area contributed by atoms with E-state index in [1.54, 1.807) is 31.2 Å². The number of nitrogens with zero attached hydrogens (tertiary/aromatic N) is 2. The first kappa shape index (κ1) is 52.2. The van der Waals surface area contributed by atoms with Crippen molar-refractivity contribution in [3.63, 3.8) is 0 Å². The summed E-state index contributed by atoms with van der Waals surface area (Å²) < 4.78 is 61.9. The minimum absolute atomic E-state index is 0.0664. The lowest BCUT2D eigenvalue weighted by Crippen LogP contribution is -2.57. The number of hydrogen-bond acceptors (Lipinski definition) is 18. The fourth-order valence-corrected chi connectivity index (χ4v) is 10.5. The average molecular weight is 1030 g/mol. The minimum atomic E-state index is -1.55. The molecule has 14 atom stereocenters. The number of nitrogens with one attached hydrogen (secondary N) is 1. The Bertz CT molecular complexity index is 2840. The van der Waals surface area contributed by atoms with Crippen LogP contribution < -0.4 is 24.3 Å². The summed E-state index contributed by atoms with van der Waals surface area (Å²) in [4.78, 5) is 35.3. The lowest BCUT2D eigenvalue weighted by Gasteiger charge is -2.43. The summed E-state index contributed by atoms with van der Waals surface area (Å²) in [5, 5.41) is 48.0. The number of benzene rings is 2. The first-order valence-electron chi connectivity index (χ1n) is 24.1. The molecule has 5 bridgehead atoms. The number of aromatic hydroxyl groups is 1. The number of allylic oxidation sites excluding steroid dienone is 1. The van der Waals surface area contributed by atoms with E-state index in [-0.39, 0.29) is 70.6 Å². The van der Waals surface area contributed by atoms with Gasteiger partial charge in [0.25, 0.3) is 5.91 Å². The summed E-state index contributed by atoms with van der Waals surface area (Å²) in [6.45, 7) is 8.20. The molecule has 3 aromatic rings. The van der Waals surface area contributed by atoms with E-state index in [0.717, 1.165) is 0 Å². The number of methoxy groups -OCH3 is 2. The molecule has 0 saturated carbocycles. The predicted octanol–water partition coefficient (Wildman–Crippen LogP) is 3.51. The van der Waals surface area contributed by atoms with Gasteiger partial charge < -0.3 is 78.0 Å². The van der Waals surface area contributed by atoms with E-state index >= 15 is 0 Å². The molecule has 10 rings (SSSR count).